The van der Waals surface area contributed by atoms with Crippen LogP contribution in [0.15, 0.2) is 17.5 Å². The first kappa shape index (κ1) is 9.36. The molecule has 4 heteroatoms. The maximum Gasteiger partial charge on any atom is 0.254 e. The lowest BCUT2D eigenvalue weighted by atomic mass is 9.95. The highest BCUT2D eigenvalue weighted by Gasteiger charge is 2.40. The zero-order valence-electron chi connectivity index (χ0n) is 8.39. The number of hydrogen-bond acceptors (Lipinski definition) is 3. The molecule has 3 heterocycles. The normalized spacial score (nSPS) is 25.1. The molecule has 15 heavy (non-hydrogen) atoms. The quantitative estimate of drug-likeness (QED) is 0.720. The third kappa shape index (κ3) is 1.92. The van der Waals surface area contributed by atoms with Crippen LogP contribution in [0.1, 0.15) is 4.88 Å². The maximum absolute atomic E-state index is 11.5. The molecular weight excluding hydrogens is 210 g/mol. The maximum atomic E-state index is 11.5. The van der Waals surface area contributed by atoms with Crippen molar-refractivity contribution < 1.29 is 9.53 Å². The molecule has 1 unspecified atom stereocenters. The number of ether oxygens (including phenoxy) is 1. The fourth-order valence-electron chi connectivity index (χ4n) is 1.99. The molecule has 3 nitrogen and oxygen atoms in total. The monoisotopic (exact) mass is 223 g/mol. The van der Waals surface area contributed by atoms with Gasteiger partial charge in [-0.2, -0.15) is 0 Å². The van der Waals surface area contributed by atoms with Crippen molar-refractivity contribution in [1.29, 1.82) is 0 Å². The Morgan fingerprint density at radius 2 is 2.40 bits per heavy atom. The van der Waals surface area contributed by atoms with E-state index in [4.69, 9.17) is 4.74 Å². The van der Waals surface area contributed by atoms with Gasteiger partial charge < -0.3 is 9.64 Å². The molecule has 2 aliphatic heterocycles. The Morgan fingerprint density at radius 3 is 3.00 bits per heavy atom. The van der Waals surface area contributed by atoms with Gasteiger partial charge in [-0.25, -0.2) is 0 Å². The first-order chi connectivity index (χ1) is 7.33. The third-order valence-corrected chi connectivity index (χ3v) is 3.85. The summed E-state index contributed by atoms with van der Waals surface area (Å²) in [6, 6.07) is 4.25. The topological polar surface area (TPSA) is 32.8 Å². The zero-order chi connectivity index (χ0) is 10.3. The van der Waals surface area contributed by atoms with Gasteiger partial charge in [0.05, 0.1) is 6.61 Å². The molecule has 0 aromatic carbocycles. The first-order valence-electron chi connectivity index (χ1n) is 5.25. The molecule has 2 fully saturated rings. The molecule has 1 aromatic heterocycles. The Balaban J connectivity index is 1.47. The average molecular weight is 223 g/mol. The number of amides is 1. The number of thiophene rings is 1. The van der Waals surface area contributed by atoms with E-state index in [-0.39, 0.29) is 12.0 Å². The largest absolute Gasteiger partial charge is 0.363 e. The van der Waals surface area contributed by atoms with Crippen molar-refractivity contribution in [3.8, 4) is 0 Å². The highest BCUT2D eigenvalue weighted by molar-refractivity contribution is 7.09. The molecule has 0 spiro atoms. The summed E-state index contributed by atoms with van der Waals surface area (Å²) in [6.45, 7) is 2.46. The van der Waals surface area contributed by atoms with E-state index in [9.17, 15) is 4.79 Å². The van der Waals surface area contributed by atoms with E-state index in [1.807, 2.05) is 4.90 Å². The summed E-state index contributed by atoms with van der Waals surface area (Å²) in [4.78, 5) is 14.9. The van der Waals surface area contributed by atoms with E-state index in [0.717, 1.165) is 19.5 Å². The first-order valence-corrected chi connectivity index (χ1v) is 6.13. The Bertz CT molecular complexity index is 353. The minimum atomic E-state index is -0.104. The fourth-order valence-corrected chi connectivity index (χ4v) is 2.81. The van der Waals surface area contributed by atoms with Crippen LogP contribution >= 0.6 is 11.3 Å². The van der Waals surface area contributed by atoms with Crippen LogP contribution in [0.2, 0.25) is 0 Å². The van der Waals surface area contributed by atoms with Crippen molar-refractivity contribution >= 4 is 17.2 Å². The second-order valence-corrected chi connectivity index (χ2v) is 5.25. The molecule has 0 saturated carbocycles. The lowest BCUT2D eigenvalue weighted by Gasteiger charge is -2.39. The van der Waals surface area contributed by atoms with E-state index in [2.05, 4.69) is 17.5 Å². The van der Waals surface area contributed by atoms with E-state index in [1.54, 1.807) is 11.3 Å². The fraction of sp³-hybridized carbons (Fsp3) is 0.545. The molecule has 0 radical (unpaired) electrons. The van der Waals surface area contributed by atoms with Gasteiger partial charge in [-0.15, -0.1) is 11.3 Å². The van der Waals surface area contributed by atoms with Crippen LogP contribution in [0.5, 0.6) is 0 Å². The summed E-state index contributed by atoms with van der Waals surface area (Å²) in [5.41, 5.74) is 0. The van der Waals surface area contributed by atoms with Crippen LogP contribution in [-0.4, -0.2) is 36.6 Å². The van der Waals surface area contributed by atoms with Gasteiger partial charge in [0.25, 0.3) is 5.91 Å². The van der Waals surface area contributed by atoms with Gasteiger partial charge in [0.15, 0.2) is 6.10 Å². The Labute approximate surface area is 92.6 Å². The van der Waals surface area contributed by atoms with Crippen molar-refractivity contribution in [3.63, 3.8) is 0 Å². The summed E-state index contributed by atoms with van der Waals surface area (Å²) in [7, 11) is 0. The van der Waals surface area contributed by atoms with E-state index in [1.165, 1.54) is 4.88 Å². The van der Waals surface area contributed by atoms with Crippen LogP contribution in [0.25, 0.3) is 0 Å². The van der Waals surface area contributed by atoms with Crippen LogP contribution in [-0.2, 0) is 16.0 Å². The average Bonchev–Trinajstić information content (AvgIpc) is 2.89. The highest BCUT2D eigenvalue weighted by atomic mass is 32.1. The van der Waals surface area contributed by atoms with Gasteiger partial charge in [0.2, 0.25) is 0 Å². The predicted molar refractivity (Wildman–Crippen MR) is 57.8 cm³/mol. The van der Waals surface area contributed by atoms with Crippen molar-refractivity contribution in [2.75, 3.05) is 19.7 Å². The number of likely N-dealkylation sites (tertiary alicyclic amines) is 1. The number of nitrogens with zero attached hydrogens (tertiary/aromatic N) is 1. The Kier molecular flexibility index (Phi) is 2.25. The molecule has 80 valence electrons. The van der Waals surface area contributed by atoms with E-state index < -0.39 is 0 Å². The Hall–Kier alpha value is -0.870. The van der Waals surface area contributed by atoms with Crippen molar-refractivity contribution in [2.24, 2.45) is 5.92 Å². The minimum Gasteiger partial charge on any atom is -0.363 e. The molecule has 1 amide bonds. The van der Waals surface area contributed by atoms with Crippen molar-refractivity contribution in [2.45, 2.75) is 12.5 Å². The second-order valence-electron chi connectivity index (χ2n) is 4.21. The molecule has 1 aromatic rings. The summed E-state index contributed by atoms with van der Waals surface area (Å²) in [5, 5.41) is 2.11. The number of carbonyl (C=O) groups excluding carboxylic acids is 1. The molecule has 0 aliphatic carbocycles. The SMILES string of the molecule is O=C(C1CO1)N1CC(Cc2cccs2)C1. The van der Waals surface area contributed by atoms with Gasteiger partial charge in [-0.05, 0) is 23.8 Å². The van der Waals surface area contributed by atoms with E-state index >= 15 is 0 Å². The van der Waals surface area contributed by atoms with Crippen LogP contribution < -0.4 is 0 Å². The molecule has 1 atom stereocenters. The number of carbonyl (C=O) groups is 1. The van der Waals surface area contributed by atoms with Crippen LogP contribution in [0.3, 0.4) is 0 Å². The summed E-state index contributed by atoms with van der Waals surface area (Å²) in [6.07, 6.45) is 1.01. The second kappa shape index (κ2) is 3.61. The number of epoxide rings is 1. The Morgan fingerprint density at radius 1 is 1.60 bits per heavy atom. The van der Waals surface area contributed by atoms with Gasteiger partial charge in [0.1, 0.15) is 0 Å². The standard InChI is InChI=1S/C11H13NO2S/c13-11(10-7-14-10)12-5-8(6-12)4-9-2-1-3-15-9/h1-3,8,10H,4-7H2. The lowest BCUT2D eigenvalue weighted by Crippen LogP contribution is -2.52. The summed E-state index contributed by atoms with van der Waals surface area (Å²) >= 11 is 1.80. The van der Waals surface area contributed by atoms with Crippen molar-refractivity contribution in [1.82, 2.24) is 4.90 Å². The van der Waals surface area contributed by atoms with Gasteiger partial charge in [0, 0.05) is 18.0 Å². The van der Waals surface area contributed by atoms with Crippen LogP contribution in [0, 0.1) is 5.92 Å². The molecule has 2 saturated heterocycles. The predicted octanol–water partition coefficient (Wildman–Crippen LogP) is 1.15. The van der Waals surface area contributed by atoms with Crippen LogP contribution in [0.4, 0.5) is 0 Å². The summed E-state index contributed by atoms with van der Waals surface area (Å²) < 4.78 is 4.98. The van der Waals surface area contributed by atoms with Gasteiger partial charge in [-0.1, -0.05) is 6.07 Å². The third-order valence-electron chi connectivity index (χ3n) is 2.95. The summed E-state index contributed by atoms with van der Waals surface area (Å²) in [5.74, 6) is 0.851. The molecule has 0 bridgehead atoms. The number of rotatable bonds is 3. The minimum absolute atomic E-state index is 0.104. The van der Waals surface area contributed by atoms with Gasteiger partial charge >= 0.3 is 0 Å². The molecular formula is C11H13NO2S. The van der Waals surface area contributed by atoms with Crippen molar-refractivity contribution in [3.05, 3.63) is 22.4 Å². The molecule has 3 rings (SSSR count). The van der Waals surface area contributed by atoms with Gasteiger partial charge in [-0.3, -0.25) is 4.79 Å². The highest BCUT2D eigenvalue weighted by Crippen LogP contribution is 2.25. The number of hydrogen-bond donors (Lipinski definition) is 0. The lowest BCUT2D eigenvalue weighted by molar-refractivity contribution is -0.138. The smallest absolute Gasteiger partial charge is 0.254 e. The van der Waals surface area contributed by atoms with E-state index in [0.29, 0.717) is 12.5 Å². The molecule has 0 N–H and O–H groups in total. The zero-order valence-corrected chi connectivity index (χ0v) is 9.20. The molecule has 2 aliphatic rings.